The van der Waals surface area contributed by atoms with Gasteiger partial charge >= 0.3 is 0 Å². The molecule has 0 aliphatic heterocycles. The number of rotatable bonds is 5. The van der Waals surface area contributed by atoms with Gasteiger partial charge in [0.25, 0.3) is 0 Å². The maximum absolute atomic E-state index is 4.35. The van der Waals surface area contributed by atoms with Crippen LogP contribution in [0.15, 0.2) is 12.4 Å². The van der Waals surface area contributed by atoms with Crippen LogP contribution in [0, 0.1) is 5.41 Å². The summed E-state index contributed by atoms with van der Waals surface area (Å²) in [6.45, 7) is 8.71. The van der Waals surface area contributed by atoms with Crippen molar-refractivity contribution in [1.82, 2.24) is 19.8 Å². The molecule has 1 unspecified atom stereocenters. The molecule has 0 saturated heterocycles. The molecule has 1 N–H and O–H groups in total. The lowest BCUT2D eigenvalue weighted by Gasteiger charge is -2.33. The molecule has 0 saturated carbocycles. The van der Waals surface area contributed by atoms with Crippen LogP contribution >= 0.6 is 0 Å². The highest BCUT2D eigenvalue weighted by Gasteiger charge is 2.24. The molecule has 0 bridgehead atoms. The molecule has 1 aromatic heterocycles. The van der Waals surface area contributed by atoms with E-state index in [-0.39, 0.29) is 5.41 Å². The maximum atomic E-state index is 4.35. The van der Waals surface area contributed by atoms with Gasteiger partial charge < -0.3 is 9.88 Å². The highest BCUT2D eigenvalue weighted by molar-refractivity contribution is 4.91. The molecule has 1 rings (SSSR count). The summed E-state index contributed by atoms with van der Waals surface area (Å²) in [6.07, 6.45) is 3.84. The van der Waals surface area contributed by atoms with E-state index in [0.29, 0.717) is 6.04 Å². The Hall–Kier alpha value is -0.870. The van der Waals surface area contributed by atoms with Crippen LogP contribution in [0.2, 0.25) is 0 Å². The predicted molar refractivity (Wildman–Crippen MR) is 71.8 cm³/mol. The summed E-state index contributed by atoms with van der Waals surface area (Å²) in [6, 6.07) is 0.479. The highest BCUT2D eigenvalue weighted by Crippen LogP contribution is 2.19. The zero-order valence-corrected chi connectivity index (χ0v) is 12.0. The van der Waals surface area contributed by atoms with Crippen LogP contribution in [0.3, 0.4) is 0 Å². The topological polar surface area (TPSA) is 33.1 Å². The first-order valence-electron chi connectivity index (χ1n) is 6.16. The predicted octanol–water partition coefficient (Wildman–Crippen LogP) is 1.49. The first-order valence-corrected chi connectivity index (χ1v) is 6.16. The maximum Gasteiger partial charge on any atom is 0.122 e. The van der Waals surface area contributed by atoms with Crippen molar-refractivity contribution >= 4 is 0 Å². The number of nitrogens with one attached hydrogen (secondary N) is 1. The SMILES string of the molecule is CNC(CN(C)Cc1nccn1C)C(C)(C)C. The molecule has 0 amide bonds. The average Bonchev–Trinajstić information content (AvgIpc) is 2.59. The molecule has 0 aromatic carbocycles. The molecule has 0 fully saturated rings. The molecule has 0 radical (unpaired) electrons. The number of nitrogens with zero attached hydrogens (tertiary/aromatic N) is 3. The van der Waals surface area contributed by atoms with E-state index in [2.05, 4.69) is 47.6 Å². The van der Waals surface area contributed by atoms with E-state index >= 15 is 0 Å². The Bertz CT molecular complexity index is 337. The van der Waals surface area contributed by atoms with E-state index in [1.807, 2.05) is 26.5 Å². The Balaban J connectivity index is 2.54. The second kappa shape index (κ2) is 5.65. The monoisotopic (exact) mass is 238 g/mol. The second-order valence-corrected chi connectivity index (χ2v) is 5.86. The van der Waals surface area contributed by atoms with Gasteiger partial charge in [-0.3, -0.25) is 4.90 Å². The standard InChI is InChI=1S/C13H26N4/c1-13(2,3)11(14-4)9-16(5)10-12-15-7-8-17(12)6/h7-8,11,14H,9-10H2,1-6H3. The normalized spacial score (nSPS) is 14.3. The van der Waals surface area contributed by atoms with E-state index in [1.54, 1.807) is 0 Å². The minimum Gasteiger partial charge on any atom is -0.337 e. The van der Waals surface area contributed by atoms with Gasteiger partial charge in [-0.15, -0.1) is 0 Å². The van der Waals surface area contributed by atoms with Crippen LogP contribution in [0.1, 0.15) is 26.6 Å². The molecule has 98 valence electrons. The van der Waals surface area contributed by atoms with E-state index in [0.717, 1.165) is 18.9 Å². The number of aryl methyl sites for hydroxylation is 1. The average molecular weight is 238 g/mol. The first-order chi connectivity index (χ1) is 7.84. The fraction of sp³-hybridized carbons (Fsp3) is 0.769. The summed E-state index contributed by atoms with van der Waals surface area (Å²) in [5, 5.41) is 3.40. The van der Waals surface area contributed by atoms with Crippen LogP contribution in [0.25, 0.3) is 0 Å². The van der Waals surface area contributed by atoms with Crippen molar-refractivity contribution in [3.8, 4) is 0 Å². The van der Waals surface area contributed by atoms with E-state index < -0.39 is 0 Å². The van der Waals surface area contributed by atoms with Crippen molar-refractivity contribution in [3.05, 3.63) is 18.2 Å². The van der Waals surface area contributed by atoms with Crippen LogP contribution in [0.5, 0.6) is 0 Å². The zero-order chi connectivity index (χ0) is 13.1. The summed E-state index contributed by atoms with van der Waals surface area (Å²) in [5.74, 6) is 1.11. The minimum atomic E-state index is 0.268. The molecule has 0 spiro atoms. The molecular formula is C13H26N4. The Morgan fingerprint density at radius 1 is 1.47 bits per heavy atom. The number of imidazole rings is 1. The van der Waals surface area contributed by atoms with Crippen LogP contribution < -0.4 is 5.32 Å². The lowest BCUT2D eigenvalue weighted by atomic mass is 9.86. The van der Waals surface area contributed by atoms with Crippen molar-refractivity contribution < 1.29 is 0 Å². The zero-order valence-electron chi connectivity index (χ0n) is 12.0. The number of hydrogen-bond donors (Lipinski definition) is 1. The Labute approximate surface area is 105 Å². The van der Waals surface area contributed by atoms with E-state index in [1.165, 1.54) is 0 Å². The van der Waals surface area contributed by atoms with Crippen LogP contribution in [-0.2, 0) is 13.6 Å². The molecule has 0 aliphatic carbocycles. The van der Waals surface area contributed by atoms with Gasteiger partial charge in [0.2, 0.25) is 0 Å². The Morgan fingerprint density at radius 3 is 2.53 bits per heavy atom. The summed E-state index contributed by atoms with van der Waals surface area (Å²) in [5.41, 5.74) is 0.268. The Kier molecular flexibility index (Phi) is 4.71. The van der Waals surface area contributed by atoms with E-state index in [4.69, 9.17) is 0 Å². The second-order valence-electron chi connectivity index (χ2n) is 5.86. The van der Waals surface area contributed by atoms with Gasteiger partial charge in [-0.25, -0.2) is 4.98 Å². The van der Waals surface area contributed by atoms with Gasteiger partial charge in [0, 0.05) is 32.0 Å². The molecule has 1 heterocycles. The van der Waals surface area contributed by atoms with E-state index in [9.17, 15) is 0 Å². The lowest BCUT2D eigenvalue weighted by molar-refractivity contribution is 0.194. The summed E-state index contributed by atoms with van der Waals surface area (Å²) in [7, 11) is 6.21. The van der Waals surface area contributed by atoms with Gasteiger partial charge in [-0.1, -0.05) is 20.8 Å². The van der Waals surface area contributed by atoms with Crippen molar-refractivity contribution in [1.29, 1.82) is 0 Å². The number of aromatic nitrogens is 2. The Morgan fingerprint density at radius 2 is 2.12 bits per heavy atom. The molecule has 1 atom stereocenters. The molecular weight excluding hydrogens is 212 g/mol. The molecule has 4 heteroatoms. The van der Waals surface area contributed by atoms with Gasteiger partial charge in [0.1, 0.15) is 5.82 Å². The summed E-state index contributed by atoms with van der Waals surface area (Å²) in [4.78, 5) is 6.67. The number of likely N-dealkylation sites (N-methyl/N-ethyl adjacent to an activating group) is 2. The first kappa shape index (κ1) is 14.2. The third-order valence-corrected chi connectivity index (χ3v) is 3.22. The van der Waals surface area contributed by atoms with Crippen molar-refractivity contribution in [2.24, 2.45) is 12.5 Å². The lowest BCUT2D eigenvalue weighted by Crippen LogP contribution is -2.46. The summed E-state index contributed by atoms with van der Waals surface area (Å²) >= 11 is 0. The van der Waals surface area contributed by atoms with Crippen LogP contribution in [-0.4, -0.2) is 41.1 Å². The minimum absolute atomic E-state index is 0.268. The third-order valence-electron chi connectivity index (χ3n) is 3.22. The third kappa shape index (κ3) is 4.13. The fourth-order valence-electron chi connectivity index (χ4n) is 1.96. The van der Waals surface area contributed by atoms with Gasteiger partial charge in [-0.05, 0) is 19.5 Å². The number of hydrogen-bond acceptors (Lipinski definition) is 3. The molecule has 1 aromatic rings. The fourth-order valence-corrected chi connectivity index (χ4v) is 1.96. The van der Waals surface area contributed by atoms with Gasteiger partial charge in [0.15, 0.2) is 0 Å². The van der Waals surface area contributed by atoms with Crippen LogP contribution in [0.4, 0.5) is 0 Å². The van der Waals surface area contributed by atoms with Crippen molar-refractivity contribution in [2.45, 2.75) is 33.4 Å². The molecule has 17 heavy (non-hydrogen) atoms. The van der Waals surface area contributed by atoms with Gasteiger partial charge in [-0.2, -0.15) is 0 Å². The van der Waals surface area contributed by atoms with Crippen molar-refractivity contribution in [2.75, 3.05) is 20.6 Å². The van der Waals surface area contributed by atoms with Crippen molar-refractivity contribution in [3.63, 3.8) is 0 Å². The molecule has 4 nitrogen and oxygen atoms in total. The largest absolute Gasteiger partial charge is 0.337 e. The molecule has 0 aliphatic rings. The highest BCUT2D eigenvalue weighted by atomic mass is 15.2. The quantitative estimate of drug-likeness (QED) is 0.843. The smallest absolute Gasteiger partial charge is 0.122 e. The summed E-state index contributed by atoms with van der Waals surface area (Å²) < 4.78 is 2.07. The van der Waals surface area contributed by atoms with Gasteiger partial charge in [0.05, 0.1) is 6.54 Å².